The minimum atomic E-state index is -0.664. The minimum Gasteiger partial charge on any atom is -0.388 e. The highest BCUT2D eigenvalue weighted by molar-refractivity contribution is 5.33. The van der Waals surface area contributed by atoms with E-state index in [0.29, 0.717) is 12.0 Å². The van der Waals surface area contributed by atoms with E-state index in [9.17, 15) is 9.50 Å². The van der Waals surface area contributed by atoms with Crippen molar-refractivity contribution in [2.24, 2.45) is 0 Å². The van der Waals surface area contributed by atoms with E-state index in [4.69, 9.17) is 0 Å². The first-order valence-corrected chi connectivity index (χ1v) is 6.06. The third-order valence-corrected chi connectivity index (χ3v) is 3.16. The molecule has 0 heterocycles. The van der Waals surface area contributed by atoms with E-state index in [1.54, 1.807) is 18.2 Å². The molecule has 0 fully saturated rings. The highest BCUT2D eigenvalue weighted by Gasteiger charge is 2.13. The number of rotatable bonds is 3. The van der Waals surface area contributed by atoms with Crippen LogP contribution in [0.25, 0.3) is 0 Å². The molecule has 18 heavy (non-hydrogen) atoms. The van der Waals surface area contributed by atoms with Gasteiger partial charge in [-0.1, -0.05) is 42.0 Å². The lowest BCUT2D eigenvalue weighted by Crippen LogP contribution is -2.05. The van der Waals surface area contributed by atoms with Gasteiger partial charge in [0.1, 0.15) is 5.82 Å². The van der Waals surface area contributed by atoms with Crippen LogP contribution >= 0.6 is 0 Å². The number of hydrogen-bond acceptors (Lipinski definition) is 1. The predicted octanol–water partition coefficient (Wildman–Crippen LogP) is 3.72. The zero-order valence-corrected chi connectivity index (χ0v) is 10.7. The SMILES string of the molecule is Cc1ccc(C(O)Cc2ccccc2F)c(C)c1. The zero-order valence-electron chi connectivity index (χ0n) is 10.7. The van der Waals surface area contributed by atoms with Crippen molar-refractivity contribution in [1.29, 1.82) is 0 Å². The summed E-state index contributed by atoms with van der Waals surface area (Å²) >= 11 is 0. The normalized spacial score (nSPS) is 12.4. The lowest BCUT2D eigenvalue weighted by molar-refractivity contribution is 0.176. The van der Waals surface area contributed by atoms with Crippen molar-refractivity contribution in [3.8, 4) is 0 Å². The van der Waals surface area contributed by atoms with E-state index in [1.807, 2.05) is 32.0 Å². The summed E-state index contributed by atoms with van der Waals surface area (Å²) in [4.78, 5) is 0. The van der Waals surface area contributed by atoms with Gasteiger partial charge in [-0.15, -0.1) is 0 Å². The van der Waals surface area contributed by atoms with E-state index < -0.39 is 6.10 Å². The van der Waals surface area contributed by atoms with Crippen molar-refractivity contribution in [2.45, 2.75) is 26.4 Å². The molecule has 1 nitrogen and oxygen atoms in total. The molecule has 2 aromatic rings. The first kappa shape index (κ1) is 12.8. The predicted molar refractivity (Wildman–Crippen MR) is 71.0 cm³/mol. The van der Waals surface area contributed by atoms with Crippen molar-refractivity contribution in [2.75, 3.05) is 0 Å². The fraction of sp³-hybridized carbons (Fsp3) is 0.250. The van der Waals surface area contributed by atoms with Gasteiger partial charge in [0, 0.05) is 6.42 Å². The van der Waals surface area contributed by atoms with Gasteiger partial charge >= 0.3 is 0 Å². The Balaban J connectivity index is 2.22. The molecular weight excluding hydrogens is 227 g/mol. The lowest BCUT2D eigenvalue weighted by Gasteiger charge is -2.14. The summed E-state index contributed by atoms with van der Waals surface area (Å²) in [6.07, 6.45) is -0.362. The van der Waals surface area contributed by atoms with Crippen LogP contribution in [0, 0.1) is 19.7 Å². The molecule has 0 aliphatic heterocycles. The number of aryl methyl sites for hydroxylation is 2. The molecule has 0 saturated carbocycles. The van der Waals surface area contributed by atoms with Gasteiger partial charge in [0.15, 0.2) is 0 Å². The van der Waals surface area contributed by atoms with Gasteiger partial charge in [0.2, 0.25) is 0 Å². The summed E-state index contributed by atoms with van der Waals surface area (Å²) in [5.41, 5.74) is 3.61. The number of benzene rings is 2. The Kier molecular flexibility index (Phi) is 3.78. The first-order valence-electron chi connectivity index (χ1n) is 6.06. The van der Waals surface area contributed by atoms with Gasteiger partial charge in [-0.2, -0.15) is 0 Å². The van der Waals surface area contributed by atoms with Crippen LogP contribution < -0.4 is 0 Å². The Labute approximate surface area is 107 Å². The van der Waals surface area contributed by atoms with Gasteiger partial charge in [-0.05, 0) is 36.6 Å². The number of aliphatic hydroxyl groups excluding tert-OH is 1. The van der Waals surface area contributed by atoms with E-state index >= 15 is 0 Å². The molecule has 0 bridgehead atoms. The van der Waals surface area contributed by atoms with Crippen LogP contribution in [-0.4, -0.2) is 5.11 Å². The van der Waals surface area contributed by atoms with Gasteiger partial charge in [0.05, 0.1) is 6.10 Å². The van der Waals surface area contributed by atoms with Gasteiger partial charge in [-0.25, -0.2) is 4.39 Å². The summed E-state index contributed by atoms with van der Waals surface area (Å²) in [5, 5.41) is 10.2. The third kappa shape index (κ3) is 2.77. The van der Waals surface area contributed by atoms with Crippen LogP contribution in [0.5, 0.6) is 0 Å². The van der Waals surface area contributed by atoms with Gasteiger partial charge < -0.3 is 5.11 Å². The average Bonchev–Trinajstić information content (AvgIpc) is 2.32. The number of halogens is 1. The summed E-state index contributed by atoms with van der Waals surface area (Å²) < 4.78 is 13.5. The molecule has 0 aliphatic rings. The number of aliphatic hydroxyl groups is 1. The van der Waals surface area contributed by atoms with Gasteiger partial charge in [-0.3, -0.25) is 0 Å². The first-order chi connectivity index (χ1) is 8.58. The molecule has 0 saturated heterocycles. The third-order valence-electron chi connectivity index (χ3n) is 3.16. The Hall–Kier alpha value is -1.67. The Bertz CT molecular complexity index is 549. The van der Waals surface area contributed by atoms with E-state index in [-0.39, 0.29) is 5.82 Å². The molecule has 0 aromatic heterocycles. The van der Waals surface area contributed by atoms with E-state index in [1.165, 1.54) is 6.07 Å². The highest BCUT2D eigenvalue weighted by Crippen LogP contribution is 2.23. The molecule has 0 radical (unpaired) electrons. The van der Waals surface area contributed by atoms with Crippen molar-refractivity contribution >= 4 is 0 Å². The van der Waals surface area contributed by atoms with Crippen molar-refractivity contribution in [3.05, 3.63) is 70.5 Å². The largest absolute Gasteiger partial charge is 0.388 e. The summed E-state index contributed by atoms with van der Waals surface area (Å²) in [5.74, 6) is -0.263. The monoisotopic (exact) mass is 244 g/mol. The maximum atomic E-state index is 13.5. The molecule has 1 atom stereocenters. The molecule has 2 rings (SSSR count). The summed E-state index contributed by atoms with van der Waals surface area (Å²) in [7, 11) is 0. The second kappa shape index (κ2) is 5.32. The standard InChI is InChI=1S/C16H17FO/c1-11-7-8-14(12(2)9-11)16(18)10-13-5-3-4-6-15(13)17/h3-9,16,18H,10H2,1-2H3. The molecular formula is C16H17FO. The van der Waals surface area contributed by atoms with E-state index in [0.717, 1.165) is 16.7 Å². The lowest BCUT2D eigenvalue weighted by atomic mass is 9.96. The molecule has 0 spiro atoms. The smallest absolute Gasteiger partial charge is 0.126 e. The molecule has 2 heteroatoms. The molecule has 0 aliphatic carbocycles. The van der Waals surface area contributed by atoms with Crippen molar-refractivity contribution < 1.29 is 9.50 Å². The Morgan fingerprint density at radius 1 is 1.11 bits per heavy atom. The number of hydrogen-bond donors (Lipinski definition) is 1. The van der Waals surface area contributed by atoms with Gasteiger partial charge in [0.25, 0.3) is 0 Å². The molecule has 2 aromatic carbocycles. The maximum Gasteiger partial charge on any atom is 0.126 e. The Morgan fingerprint density at radius 2 is 1.83 bits per heavy atom. The second-order valence-corrected chi connectivity index (χ2v) is 4.67. The Morgan fingerprint density at radius 3 is 2.50 bits per heavy atom. The van der Waals surface area contributed by atoms with Crippen LogP contribution in [0.15, 0.2) is 42.5 Å². The fourth-order valence-corrected chi connectivity index (χ4v) is 2.18. The van der Waals surface area contributed by atoms with Crippen LogP contribution in [0.2, 0.25) is 0 Å². The minimum absolute atomic E-state index is 0.263. The van der Waals surface area contributed by atoms with Crippen LogP contribution in [0.1, 0.15) is 28.4 Å². The average molecular weight is 244 g/mol. The van der Waals surface area contributed by atoms with Crippen LogP contribution in [-0.2, 0) is 6.42 Å². The maximum absolute atomic E-state index is 13.5. The molecule has 1 unspecified atom stereocenters. The molecule has 1 N–H and O–H groups in total. The summed E-state index contributed by atoms with van der Waals surface area (Å²) in [6, 6.07) is 12.5. The zero-order chi connectivity index (χ0) is 13.1. The quantitative estimate of drug-likeness (QED) is 0.872. The van der Waals surface area contributed by atoms with Crippen molar-refractivity contribution in [3.63, 3.8) is 0 Å². The topological polar surface area (TPSA) is 20.2 Å². The fourth-order valence-electron chi connectivity index (χ4n) is 2.18. The summed E-state index contributed by atoms with van der Waals surface area (Å²) in [6.45, 7) is 3.98. The van der Waals surface area contributed by atoms with Crippen LogP contribution in [0.3, 0.4) is 0 Å². The molecule has 0 amide bonds. The van der Waals surface area contributed by atoms with Crippen molar-refractivity contribution in [1.82, 2.24) is 0 Å². The second-order valence-electron chi connectivity index (χ2n) is 4.67. The molecule has 94 valence electrons. The van der Waals surface area contributed by atoms with Crippen LogP contribution in [0.4, 0.5) is 4.39 Å². The van der Waals surface area contributed by atoms with E-state index in [2.05, 4.69) is 0 Å². The highest BCUT2D eigenvalue weighted by atomic mass is 19.1.